The molecule has 0 aromatic heterocycles. The first-order valence-electron chi connectivity index (χ1n) is 2.17. The van der Waals surface area contributed by atoms with E-state index in [1.54, 1.807) is 4.58 Å². The number of hydrogen-bond acceptors (Lipinski definition) is 0. The lowest BCUT2D eigenvalue weighted by Gasteiger charge is -1.76. The molecule has 0 fully saturated rings. The van der Waals surface area contributed by atoms with Crippen LogP contribution in [0.25, 0.3) is 0 Å². The van der Waals surface area contributed by atoms with E-state index in [0.717, 1.165) is 0 Å². The normalized spacial score (nSPS) is 16.9. The highest BCUT2D eigenvalue weighted by Crippen LogP contribution is 1.91. The maximum Gasteiger partial charge on any atom is 0.272 e. The monoisotopic (exact) mass is 93.1 g/mol. The Hall–Kier alpha value is -0.980. The molecule has 0 aromatic rings. The molecule has 0 saturated heterocycles. The van der Waals surface area contributed by atoms with Crippen molar-refractivity contribution in [1.82, 2.24) is 0 Å². The Labute approximate surface area is 43.3 Å². The van der Waals surface area contributed by atoms with Crippen LogP contribution in [0, 0.1) is 6.42 Å². The molecular formula is C6H7N+2. The molecule has 1 rings (SSSR count). The summed E-state index contributed by atoms with van der Waals surface area (Å²) in [5, 5.41) is 0. The van der Waals surface area contributed by atoms with Crippen LogP contribution in [0.4, 0.5) is 0 Å². The Morgan fingerprint density at radius 3 is 2.14 bits per heavy atom. The zero-order chi connectivity index (χ0) is 5.11. The zero-order valence-corrected chi connectivity index (χ0v) is 4.04. The molecule has 0 unspecified atom stereocenters. The highest BCUT2D eigenvalue weighted by molar-refractivity contribution is 5.19. The molecule has 1 aliphatic heterocycles. The molecule has 1 aliphatic rings. The van der Waals surface area contributed by atoms with Crippen molar-refractivity contribution < 1.29 is 4.58 Å². The molecule has 0 atom stereocenters. The molecule has 34 valence electrons. The van der Waals surface area contributed by atoms with Gasteiger partial charge < -0.3 is 0 Å². The third-order valence-electron chi connectivity index (χ3n) is 0.777. The fourth-order valence-electron chi connectivity index (χ4n) is 0.434. The lowest BCUT2D eigenvalue weighted by atomic mass is 10.3. The second-order valence-electron chi connectivity index (χ2n) is 1.39. The Morgan fingerprint density at radius 2 is 1.86 bits per heavy atom. The van der Waals surface area contributed by atoms with Crippen molar-refractivity contribution in [2.45, 2.75) is 0 Å². The van der Waals surface area contributed by atoms with Crippen LogP contribution in [0.5, 0.6) is 0 Å². The predicted octanol–water partition coefficient (Wildman–Crippen LogP) is 0.945. The molecule has 0 saturated carbocycles. The van der Waals surface area contributed by atoms with Crippen LogP contribution in [0.1, 0.15) is 0 Å². The maximum atomic E-state index is 3.64. The van der Waals surface area contributed by atoms with Gasteiger partial charge in [0.1, 0.15) is 12.2 Å². The summed E-state index contributed by atoms with van der Waals surface area (Å²) >= 11 is 0. The third kappa shape index (κ3) is 0.929. The lowest BCUT2D eigenvalue weighted by molar-refractivity contribution is -0.368. The minimum Gasteiger partial charge on any atom is -0.0736 e. The van der Waals surface area contributed by atoms with Crippen LogP contribution in [-0.2, 0) is 0 Å². The summed E-state index contributed by atoms with van der Waals surface area (Å²) in [7, 11) is 0. The Balaban J connectivity index is 2.66. The van der Waals surface area contributed by atoms with Crippen LogP contribution in [-0.4, -0.2) is 11.3 Å². The largest absolute Gasteiger partial charge is 0.272 e. The standard InChI is InChI=1S/C6H7N/c1-7-5-3-2-4-6-7/h2-6H,1H2/q+2. The highest BCUT2D eigenvalue weighted by Gasteiger charge is 1.99. The van der Waals surface area contributed by atoms with Crippen molar-refractivity contribution in [2.75, 3.05) is 0 Å². The summed E-state index contributed by atoms with van der Waals surface area (Å²) in [5.41, 5.74) is 0. The fraction of sp³-hybridized carbons (Fsp3) is 0. The van der Waals surface area contributed by atoms with Gasteiger partial charge in [-0.25, -0.2) is 0 Å². The smallest absolute Gasteiger partial charge is 0.0736 e. The molecule has 1 heteroatoms. The average molecular weight is 93.1 g/mol. The van der Waals surface area contributed by atoms with Gasteiger partial charge in [0.2, 0.25) is 0 Å². The molecule has 1 heterocycles. The molecule has 0 aliphatic carbocycles. The van der Waals surface area contributed by atoms with Crippen LogP contribution in [0.3, 0.4) is 0 Å². The predicted molar refractivity (Wildman–Crippen MR) is 30.0 cm³/mol. The number of hydrogen-bond donors (Lipinski definition) is 0. The van der Waals surface area contributed by atoms with E-state index in [1.807, 2.05) is 31.0 Å². The maximum absolute atomic E-state index is 3.64. The molecule has 0 amide bonds. The van der Waals surface area contributed by atoms with E-state index < -0.39 is 0 Å². The van der Waals surface area contributed by atoms with Gasteiger partial charge in [0.05, 0.1) is 6.42 Å². The second kappa shape index (κ2) is 1.65. The number of nitrogens with zero attached hydrogens (tertiary/aromatic N) is 1. The number of rotatable bonds is 0. The minimum atomic E-state index is 1.75. The van der Waals surface area contributed by atoms with E-state index in [4.69, 9.17) is 0 Å². The van der Waals surface area contributed by atoms with Gasteiger partial charge in [-0.1, -0.05) is 4.58 Å². The van der Waals surface area contributed by atoms with Crippen LogP contribution in [0.15, 0.2) is 24.6 Å². The number of allylic oxidation sites excluding steroid dienone is 2. The molecule has 0 bridgehead atoms. The van der Waals surface area contributed by atoms with Gasteiger partial charge in [-0.05, 0) is 0 Å². The van der Waals surface area contributed by atoms with Gasteiger partial charge >= 0.3 is 0 Å². The van der Waals surface area contributed by atoms with E-state index in [1.165, 1.54) is 0 Å². The molecule has 0 N–H and O–H groups in total. The van der Waals surface area contributed by atoms with E-state index in [0.29, 0.717) is 0 Å². The van der Waals surface area contributed by atoms with Crippen LogP contribution < -0.4 is 0 Å². The lowest BCUT2D eigenvalue weighted by Crippen LogP contribution is -1.91. The van der Waals surface area contributed by atoms with Gasteiger partial charge in [-0.3, -0.25) is 0 Å². The van der Waals surface area contributed by atoms with Crippen molar-refractivity contribution >= 4 is 6.72 Å². The average Bonchev–Trinajstić information content (AvgIpc) is 1.69. The van der Waals surface area contributed by atoms with E-state index in [2.05, 4.69) is 6.72 Å². The van der Waals surface area contributed by atoms with Crippen molar-refractivity contribution in [1.29, 1.82) is 0 Å². The molecule has 0 aromatic carbocycles. The molecule has 1 nitrogen and oxygen atoms in total. The van der Waals surface area contributed by atoms with Crippen molar-refractivity contribution in [2.24, 2.45) is 0 Å². The summed E-state index contributed by atoms with van der Waals surface area (Å²) in [5.74, 6) is 0. The van der Waals surface area contributed by atoms with Crippen molar-refractivity contribution in [3.63, 3.8) is 0 Å². The fourth-order valence-corrected chi connectivity index (χ4v) is 0.434. The van der Waals surface area contributed by atoms with Gasteiger partial charge in [-0.15, -0.1) is 0 Å². The van der Waals surface area contributed by atoms with Crippen molar-refractivity contribution in [3.8, 4) is 0 Å². The molecular weight excluding hydrogens is 86.1 g/mol. The second-order valence-corrected chi connectivity index (χ2v) is 1.39. The Kier molecular flexibility index (Phi) is 0.984. The Morgan fingerprint density at radius 1 is 1.29 bits per heavy atom. The first-order valence-corrected chi connectivity index (χ1v) is 2.17. The SMILES string of the molecule is C=[N+]1C=C[CH+]C=C1. The zero-order valence-electron chi connectivity index (χ0n) is 4.04. The highest BCUT2D eigenvalue weighted by atomic mass is 14.9. The van der Waals surface area contributed by atoms with Crippen molar-refractivity contribution in [3.05, 3.63) is 31.0 Å². The van der Waals surface area contributed by atoms with E-state index in [-0.39, 0.29) is 0 Å². The van der Waals surface area contributed by atoms with Gasteiger partial charge in [0, 0.05) is 0 Å². The van der Waals surface area contributed by atoms with Gasteiger partial charge in [0.25, 0.3) is 12.4 Å². The van der Waals surface area contributed by atoms with Gasteiger partial charge in [0.15, 0.2) is 6.72 Å². The van der Waals surface area contributed by atoms with Crippen LogP contribution >= 0.6 is 0 Å². The van der Waals surface area contributed by atoms with Crippen LogP contribution in [0.2, 0.25) is 0 Å². The van der Waals surface area contributed by atoms with Gasteiger partial charge in [-0.2, -0.15) is 0 Å². The summed E-state index contributed by atoms with van der Waals surface area (Å²) in [6.07, 6.45) is 9.61. The molecule has 7 heavy (non-hydrogen) atoms. The quantitative estimate of drug-likeness (QED) is 0.310. The van der Waals surface area contributed by atoms with E-state index >= 15 is 0 Å². The topological polar surface area (TPSA) is 3.01 Å². The Bertz CT molecular complexity index is 117. The summed E-state index contributed by atoms with van der Waals surface area (Å²) in [6, 6.07) is 0. The third-order valence-corrected chi connectivity index (χ3v) is 0.777. The van der Waals surface area contributed by atoms with E-state index in [9.17, 15) is 0 Å². The minimum absolute atomic E-state index is 1.75. The molecule has 0 radical (unpaired) electrons. The first kappa shape index (κ1) is 4.19. The summed E-state index contributed by atoms with van der Waals surface area (Å²) in [4.78, 5) is 0. The summed E-state index contributed by atoms with van der Waals surface area (Å²) < 4.78 is 1.75. The first-order chi connectivity index (χ1) is 3.39. The molecule has 0 spiro atoms. The summed E-state index contributed by atoms with van der Waals surface area (Å²) in [6.45, 7) is 3.64.